The molecule has 0 spiro atoms. The Balaban J connectivity index is 1.32. The molecule has 2 fully saturated rings. The maximum absolute atomic E-state index is 12.3. The van der Waals surface area contributed by atoms with Crippen molar-refractivity contribution in [1.29, 1.82) is 0 Å². The molecule has 1 aromatic rings. The molecule has 0 radical (unpaired) electrons. The third-order valence-corrected chi connectivity index (χ3v) is 4.83. The van der Waals surface area contributed by atoms with Crippen LogP contribution in [0.3, 0.4) is 0 Å². The van der Waals surface area contributed by atoms with Gasteiger partial charge in [0.15, 0.2) is 0 Å². The molecule has 3 rings (SSSR count). The molecule has 1 atom stereocenters. The number of hydrogen-bond acceptors (Lipinski definition) is 4. The predicted octanol–water partition coefficient (Wildman–Crippen LogP) is 0.669. The van der Waals surface area contributed by atoms with Crippen LogP contribution in [0.15, 0.2) is 30.3 Å². The number of ether oxygens (including phenoxy) is 1. The fourth-order valence-electron chi connectivity index (χ4n) is 3.35. The van der Waals surface area contributed by atoms with Gasteiger partial charge in [-0.1, -0.05) is 30.3 Å². The van der Waals surface area contributed by atoms with Gasteiger partial charge in [0, 0.05) is 39.3 Å². The normalized spacial score (nSPS) is 21.3. The molecule has 136 valence electrons. The third-order valence-electron chi connectivity index (χ3n) is 4.83. The molecule has 6 nitrogen and oxygen atoms in total. The second-order valence-corrected chi connectivity index (χ2v) is 6.69. The summed E-state index contributed by atoms with van der Waals surface area (Å²) >= 11 is 0. The van der Waals surface area contributed by atoms with Gasteiger partial charge in [-0.2, -0.15) is 0 Å². The Kier molecular flexibility index (Phi) is 6.42. The molecule has 0 saturated carbocycles. The molecule has 0 unspecified atom stereocenters. The van der Waals surface area contributed by atoms with Gasteiger partial charge >= 0.3 is 0 Å². The van der Waals surface area contributed by atoms with Crippen LogP contribution in [0.5, 0.6) is 0 Å². The first-order chi connectivity index (χ1) is 12.2. The zero-order valence-electron chi connectivity index (χ0n) is 14.7. The van der Waals surface area contributed by atoms with Crippen LogP contribution in [0.2, 0.25) is 0 Å². The fraction of sp³-hybridized carbons (Fsp3) is 0.579. The number of carbonyl (C=O) groups excluding carboxylic acids is 2. The number of rotatable bonds is 6. The summed E-state index contributed by atoms with van der Waals surface area (Å²) in [4.78, 5) is 28.4. The quantitative estimate of drug-likeness (QED) is 0.823. The summed E-state index contributed by atoms with van der Waals surface area (Å²) in [5.74, 6) is 0.166. The summed E-state index contributed by atoms with van der Waals surface area (Å²) in [6.45, 7) is 4.58. The molecular formula is C19H27N3O3. The van der Waals surface area contributed by atoms with Gasteiger partial charge < -0.3 is 15.0 Å². The van der Waals surface area contributed by atoms with E-state index in [9.17, 15) is 9.59 Å². The van der Waals surface area contributed by atoms with Crippen molar-refractivity contribution in [1.82, 2.24) is 15.1 Å². The highest BCUT2D eigenvalue weighted by Crippen LogP contribution is 2.15. The average Bonchev–Trinajstić information content (AvgIpc) is 3.17. The first kappa shape index (κ1) is 17.9. The highest BCUT2D eigenvalue weighted by molar-refractivity contribution is 5.81. The molecule has 2 aliphatic rings. The fourth-order valence-corrected chi connectivity index (χ4v) is 3.35. The molecule has 2 amide bonds. The summed E-state index contributed by atoms with van der Waals surface area (Å²) in [6.07, 6.45) is 2.41. The summed E-state index contributed by atoms with van der Waals surface area (Å²) < 4.78 is 5.47. The zero-order valence-corrected chi connectivity index (χ0v) is 14.7. The second-order valence-electron chi connectivity index (χ2n) is 6.69. The van der Waals surface area contributed by atoms with Crippen LogP contribution in [-0.4, -0.2) is 73.6 Å². The number of nitrogens with one attached hydrogen (secondary N) is 1. The maximum atomic E-state index is 12.3. The Morgan fingerprint density at radius 2 is 1.88 bits per heavy atom. The molecule has 2 saturated heterocycles. The standard InChI is InChI=1S/C19H27N3O3/c23-18(20-9-8-16-5-2-1-3-6-16)15-21-10-12-22(13-11-21)19(24)17-7-4-14-25-17/h1-3,5-6,17H,4,7-15H2,(H,20,23)/t17-/m0/s1. The van der Waals surface area contributed by atoms with Crippen LogP contribution < -0.4 is 5.32 Å². The Hall–Kier alpha value is -1.92. The lowest BCUT2D eigenvalue weighted by Gasteiger charge is -2.35. The van der Waals surface area contributed by atoms with Crippen molar-refractivity contribution in [2.75, 3.05) is 45.9 Å². The smallest absolute Gasteiger partial charge is 0.251 e. The van der Waals surface area contributed by atoms with Gasteiger partial charge in [0.25, 0.3) is 5.91 Å². The van der Waals surface area contributed by atoms with E-state index in [1.165, 1.54) is 5.56 Å². The molecule has 0 aliphatic carbocycles. The van der Waals surface area contributed by atoms with Crippen molar-refractivity contribution in [2.24, 2.45) is 0 Å². The van der Waals surface area contributed by atoms with Gasteiger partial charge in [0.1, 0.15) is 6.10 Å². The SMILES string of the molecule is O=C(CN1CCN(C(=O)[C@@H]2CCCO2)CC1)NCCc1ccccc1. The number of piperazine rings is 1. The highest BCUT2D eigenvalue weighted by atomic mass is 16.5. The van der Waals surface area contributed by atoms with E-state index < -0.39 is 0 Å². The molecular weight excluding hydrogens is 318 g/mol. The summed E-state index contributed by atoms with van der Waals surface area (Å²) in [7, 11) is 0. The van der Waals surface area contributed by atoms with E-state index in [1.807, 2.05) is 23.1 Å². The Bertz CT molecular complexity index is 565. The van der Waals surface area contributed by atoms with Crippen LogP contribution in [0.1, 0.15) is 18.4 Å². The summed E-state index contributed by atoms with van der Waals surface area (Å²) in [6, 6.07) is 10.1. The minimum absolute atomic E-state index is 0.0508. The Labute approximate surface area is 149 Å². The lowest BCUT2D eigenvalue weighted by Crippen LogP contribution is -2.53. The second kappa shape index (κ2) is 8.97. The van der Waals surface area contributed by atoms with Crippen molar-refractivity contribution >= 4 is 11.8 Å². The zero-order chi connectivity index (χ0) is 17.5. The first-order valence-corrected chi connectivity index (χ1v) is 9.16. The van der Waals surface area contributed by atoms with E-state index in [1.54, 1.807) is 0 Å². The molecule has 1 aromatic carbocycles. The van der Waals surface area contributed by atoms with Crippen molar-refractivity contribution in [2.45, 2.75) is 25.4 Å². The summed E-state index contributed by atoms with van der Waals surface area (Å²) in [5.41, 5.74) is 1.23. The van der Waals surface area contributed by atoms with Crippen LogP contribution in [0.4, 0.5) is 0 Å². The van der Waals surface area contributed by atoms with Gasteiger partial charge in [0.05, 0.1) is 6.54 Å². The first-order valence-electron chi connectivity index (χ1n) is 9.16. The number of carbonyl (C=O) groups is 2. The minimum Gasteiger partial charge on any atom is -0.368 e. The molecule has 1 N–H and O–H groups in total. The minimum atomic E-state index is -0.243. The van der Waals surface area contributed by atoms with E-state index in [4.69, 9.17) is 4.74 Å². The number of hydrogen-bond donors (Lipinski definition) is 1. The van der Waals surface area contributed by atoms with Crippen LogP contribution in [0, 0.1) is 0 Å². The van der Waals surface area contributed by atoms with Crippen LogP contribution in [-0.2, 0) is 20.7 Å². The molecule has 2 heterocycles. The highest BCUT2D eigenvalue weighted by Gasteiger charge is 2.30. The topological polar surface area (TPSA) is 61.9 Å². The average molecular weight is 345 g/mol. The molecule has 25 heavy (non-hydrogen) atoms. The maximum Gasteiger partial charge on any atom is 0.251 e. The van der Waals surface area contributed by atoms with E-state index in [2.05, 4.69) is 22.3 Å². The molecule has 0 aromatic heterocycles. The molecule has 2 aliphatic heterocycles. The van der Waals surface area contributed by atoms with Gasteiger partial charge in [-0.05, 0) is 24.8 Å². The number of amides is 2. The van der Waals surface area contributed by atoms with Crippen LogP contribution in [0.25, 0.3) is 0 Å². The molecule has 0 bridgehead atoms. The largest absolute Gasteiger partial charge is 0.368 e. The lowest BCUT2D eigenvalue weighted by atomic mass is 10.1. The Morgan fingerprint density at radius 1 is 1.12 bits per heavy atom. The van der Waals surface area contributed by atoms with E-state index in [-0.39, 0.29) is 17.9 Å². The van der Waals surface area contributed by atoms with E-state index in [0.717, 1.165) is 32.4 Å². The van der Waals surface area contributed by atoms with Crippen molar-refractivity contribution in [3.63, 3.8) is 0 Å². The molecule has 6 heteroatoms. The monoisotopic (exact) mass is 345 g/mol. The lowest BCUT2D eigenvalue weighted by molar-refractivity contribution is -0.142. The Morgan fingerprint density at radius 3 is 2.56 bits per heavy atom. The van der Waals surface area contributed by atoms with Crippen molar-refractivity contribution < 1.29 is 14.3 Å². The van der Waals surface area contributed by atoms with E-state index in [0.29, 0.717) is 32.8 Å². The van der Waals surface area contributed by atoms with Crippen molar-refractivity contribution in [3.05, 3.63) is 35.9 Å². The predicted molar refractivity (Wildman–Crippen MR) is 95.1 cm³/mol. The van der Waals surface area contributed by atoms with Crippen molar-refractivity contribution in [3.8, 4) is 0 Å². The number of nitrogens with zero attached hydrogens (tertiary/aromatic N) is 2. The number of benzene rings is 1. The van der Waals surface area contributed by atoms with Crippen LogP contribution >= 0.6 is 0 Å². The third kappa shape index (κ3) is 5.28. The summed E-state index contributed by atoms with van der Waals surface area (Å²) in [5, 5.41) is 2.98. The van der Waals surface area contributed by atoms with E-state index >= 15 is 0 Å². The van der Waals surface area contributed by atoms with Gasteiger partial charge in [-0.25, -0.2) is 0 Å². The van der Waals surface area contributed by atoms with Gasteiger partial charge in [0.2, 0.25) is 5.91 Å². The van der Waals surface area contributed by atoms with Gasteiger partial charge in [-0.15, -0.1) is 0 Å². The van der Waals surface area contributed by atoms with Gasteiger partial charge in [-0.3, -0.25) is 14.5 Å².